The fourth-order valence-corrected chi connectivity index (χ4v) is 4.17. The van der Waals surface area contributed by atoms with Crippen LogP contribution in [0.5, 0.6) is 0 Å². The van der Waals surface area contributed by atoms with Gasteiger partial charge in [0, 0.05) is 0 Å². The average Bonchev–Trinajstić information content (AvgIpc) is 2.79. The molecule has 2 saturated carbocycles. The number of fused-ring (bicyclic) bond motifs is 1. The second kappa shape index (κ2) is 5.21. The van der Waals surface area contributed by atoms with Crippen molar-refractivity contribution in [2.24, 2.45) is 23.5 Å². The summed E-state index contributed by atoms with van der Waals surface area (Å²) in [4.78, 5) is 11.5. The molecular weight excluding hydrogens is 229 g/mol. The van der Waals surface area contributed by atoms with E-state index in [9.17, 15) is 14.9 Å². The van der Waals surface area contributed by atoms with Crippen LogP contribution in [0.2, 0.25) is 13.1 Å². The quantitative estimate of drug-likeness (QED) is 0.650. The van der Waals surface area contributed by atoms with E-state index >= 15 is 0 Å². The van der Waals surface area contributed by atoms with Crippen molar-refractivity contribution in [1.29, 1.82) is 0 Å². The minimum absolute atomic E-state index is 0.0984. The summed E-state index contributed by atoms with van der Waals surface area (Å²) in [5.41, 5.74) is 5.17. The van der Waals surface area contributed by atoms with Crippen molar-refractivity contribution in [3.63, 3.8) is 0 Å². The molecule has 2 fully saturated rings. The summed E-state index contributed by atoms with van der Waals surface area (Å²) in [6.07, 6.45) is 6.60. The topological polar surface area (TPSA) is 83.5 Å². The second-order valence-electron chi connectivity index (χ2n) is 6.29. The molecule has 0 aromatic carbocycles. The molecule has 4 atom stereocenters. The number of carboxylic acids is 1. The molecule has 0 saturated heterocycles. The average molecular weight is 253 g/mol. The summed E-state index contributed by atoms with van der Waals surface area (Å²) in [5.74, 6) is 0.281. The number of hydrogen-bond acceptors (Lipinski definition) is 3. The SMILES string of the molecule is CB(O)CCCC1C2CCCC2CC1(N)C(=O)O. The van der Waals surface area contributed by atoms with Gasteiger partial charge in [0.1, 0.15) is 5.54 Å². The lowest BCUT2D eigenvalue weighted by atomic mass is 9.65. The van der Waals surface area contributed by atoms with Crippen molar-refractivity contribution >= 4 is 12.9 Å². The van der Waals surface area contributed by atoms with E-state index in [1.54, 1.807) is 6.82 Å². The van der Waals surface area contributed by atoms with Crippen molar-refractivity contribution < 1.29 is 14.9 Å². The first-order valence-corrected chi connectivity index (χ1v) is 7.15. The standard InChI is InChI=1S/C13H24BNO3/c1-14(18)7-3-6-11-10-5-2-4-9(10)8-13(11,15)12(16)17/h9-11,18H,2-8,15H2,1H3,(H,16,17). The maximum Gasteiger partial charge on any atom is 0.323 e. The van der Waals surface area contributed by atoms with Crippen LogP contribution in [-0.2, 0) is 4.79 Å². The molecule has 4 unspecified atom stereocenters. The Morgan fingerprint density at radius 2 is 2.22 bits per heavy atom. The zero-order chi connectivity index (χ0) is 13.3. The van der Waals surface area contributed by atoms with E-state index in [1.165, 1.54) is 6.42 Å². The zero-order valence-corrected chi connectivity index (χ0v) is 11.1. The van der Waals surface area contributed by atoms with Crippen LogP contribution in [0.25, 0.3) is 0 Å². The van der Waals surface area contributed by atoms with Crippen LogP contribution >= 0.6 is 0 Å². The number of rotatable bonds is 5. The first kappa shape index (κ1) is 13.9. The van der Waals surface area contributed by atoms with Crippen molar-refractivity contribution in [3.8, 4) is 0 Å². The Bertz CT molecular complexity index is 323. The maximum absolute atomic E-state index is 11.5. The van der Waals surface area contributed by atoms with Crippen LogP contribution < -0.4 is 5.73 Å². The molecule has 0 spiro atoms. The molecule has 0 bridgehead atoms. The van der Waals surface area contributed by atoms with Gasteiger partial charge in [-0.05, 0) is 43.3 Å². The van der Waals surface area contributed by atoms with Gasteiger partial charge in [0.15, 0.2) is 0 Å². The van der Waals surface area contributed by atoms with E-state index in [2.05, 4.69) is 0 Å². The van der Waals surface area contributed by atoms with Crippen LogP contribution in [0.4, 0.5) is 0 Å². The number of carbonyl (C=O) groups is 1. The molecule has 2 aliphatic rings. The molecule has 0 aromatic heterocycles. The third kappa shape index (κ3) is 2.43. The van der Waals surface area contributed by atoms with Gasteiger partial charge in [-0.1, -0.05) is 26.1 Å². The molecule has 18 heavy (non-hydrogen) atoms. The number of aliphatic carboxylic acids is 1. The van der Waals surface area contributed by atoms with Gasteiger partial charge in [0.25, 0.3) is 6.92 Å². The Kier molecular flexibility index (Phi) is 4.02. The summed E-state index contributed by atoms with van der Waals surface area (Å²) in [6, 6.07) is 0. The molecule has 2 aliphatic carbocycles. The lowest BCUT2D eigenvalue weighted by molar-refractivity contribution is -0.145. The lowest BCUT2D eigenvalue weighted by Gasteiger charge is -2.30. The molecule has 0 heterocycles. The van der Waals surface area contributed by atoms with Crippen LogP contribution in [0.1, 0.15) is 38.5 Å². The molecule has 5 heteroatoms. The van der Waals surface area contributed by atoms with Gasteiger partial charge in [-0.15, -0.1) is 0 Å². The monoisotopic (exact) mass is 253 g/mol. The highest BCUT2D eigenvalue weighted by Crippen LogP contribution is 2.53. The largest absolute Gasteiger partial charge is 0.480 e. The number of hydrogen-bond donors (Lipinski definition) is 3. The summed E-state index contributed by atoms with van der Waals surface area (Å²) < 4.78 is 0. The number of carboxylic acid groups (broad SMARTS) is 1. The van der Waals surface area contributed by atoms with Crippen LogP contribution in [0.3, 0.4) is 0 Å². The van der Waals surface area contributed by atoms with Crippen molar-refractivity contribution in [1.82, 2.24) is 0 Å². The molecule has 0 aromatic rings. The molecule has 0 radical (unpaired) electrons. The van der Waals surface area contributed by atoms with Gasteiger partial charge in [0.05, 0.1) is 0 Å². The van der Waals surface area contributed by atoms with Crippen molar-refractivity contribution in [2.45, 2.75) is 57.2 Å². The van der Waals surface area contributed by atoms with E-state index in [0.29, 0.717) is 18.3 Å². The van der Waals surface area contributed by atoms with Crippen molar-refractivity contribution in [3.05, 3.63) is 0 Å². The minimum atomic E-state index is -1.02. The fraction of sp³-hybridized carbons (Fsp3) is 0.923. The molecule has 4 N–H and O–H groups in total. The Morgan fingerprint density at radius 3 is 2.83 bits per heavy atom. The van der Waals surface area contributed by atoms with E-state index < -0.39 is 11.5 Å². The highest BCUT2D eigenvalue weighted by molar-refractivity contribution is 6.48. The van der Waals surface area contributed by atoms with Gasteiger partial charge in [-0.2, -0.15) is 0 Å². The smallest absolute Gasteiger partial charge is 0.323 e. The highest BCUT2D eigenvalue weighted by Gasteiger charge is 2.56. The number of nitrogens with two attached hydrogens (primary N) is 1. The molecule has 4 nitrogen and oxygen atoms in total. The molecular formula is C13H24BNO3. The van der Waals surface area contributed by atoms with Crippen molar-refractivity contribution in [2.75, 3.05) is 0 Å². The van der Waals surface area contributed by atoms with Gasteiger partial charge < -0.3 is 15.9 Å². The molecule has 2 rings (SSSR count). The molecule has 0 amide bonds. The van der Waals surface area contributed by atoms with E-state index in [1.807, 2.05) is 0 Å². The lowest BCUT2D eigenvalue weighted by Crippen LogP contribution is -2.52. The molecule has 0 aliphatic heterocycles. The normalized spacial score (nSPS) is 38.7. The Balaban J connectivity index is 2.04. The van der Waals surface area contributed by atoms with Gasteiger partial charge in [-0.3, -0.25) is 4.79 Å². The third-order valence-electron chi connectivity index (χ3n) is 5.03. The predicted octanol–water partition coefficient (Wildman–Crippen LogP) is 1.60. The van der Waals surface area contributed by atoms with E-state index in [4.69, 9.17) is 5.73 Å². The second-order valence-corrected chi connectivity index (χ2v) is 6.29. The first-order chi connectivity index (χ1) is 8.45. The fourth-order valence-electron chi connectivity index (χ4n) is 4.17. The summed E-state index contributed by atoms with van der Waals surface area (Å²) in [5, 5.41) is 18.7. The van der Waals surface area contributed by atoms with Crippen LogP contribution in [0.15, 0.2) is 0 Å². The summed E-state index contributed by atoms with van der Waals surface area (Å²) in [7, 11) is 0. The third-order valence-corrected chi connectivity index (χ3v) is 5.03. The Hall–Kier alpha value is -0.545. The Labute approximate surface area is 109 Å². The first-order valence-electron chi connectivity index (χ1n) is 7.15. The van der Waals surface area contributed by atoms with Crippen LogP contribution in [0, 0.1) is 17.8 Å². The summed E-state index contributed by atoms with van der Waals surface area (Å²) >= 11 is 0. The van der Waals surface area contributed by atoms with Crippen LogP contribution in [-0.4, -0.2) is 28.6 Å². The zero-order valence-electron chi connectivity index (χ0n) is 11.1. The van der Waals surface area contributed by atoms with E-state index in [-0.39, 0.29) is 12.8 Å². The van der Waals surface area contributed by atoms with Gasteiger partial charge >= 0.3 is 5.97 Å². The maximum atomic E-state index is 11.5. The van der Waals surface area contributed by atoms with E-state index in [0.717, 1.165) is 32.0 Å². The minimum Gasteiger partial charge on any atom is -0.480 e. The molecule has 102 valence electrons. The summed E-state index contributed by atoms with van der Waals surface area (Å²) in [6.45, 7) is 1.47. The highest BCUT2D eigenvalue weighted by atomic mass is 16.4. The predicted molar refractivity (Wildman–Crippen MR) is 71.4 cm³/mol. The van der Waals surface area contributed by atoms with Gasteiger partial charge in [-0.25, -0.2) is 0 Å². The van der Waals surface area contributed by atoms with Gasteiger partial charge in [0.2, 0.25) is 0 Å². The Morgan fingerprint density at radius 1 is 1.50 bits per heavy atom.